The van der Waals surface area contributed by atoms with E-state index >= 15 is 0 Å². The molecule has 2 heterocycles. The lowest BCUT2D eigenvalue weighted by Gasteiger charge is -2.39. The highest BCUT2D eigenvalue weighted by molar-refractivity contribution is 6.30. The largest absolute Gasteiger partial charge is 0.497 e. The van der Waals surface area contributed by atoms with Crippen molar-refractivity contribution in [3.8, 4) is 5.75 Å². The maximum atomic E-state index is 13.2. The number of nitrogens with one attached hydrogen (secondary N) is 2. The number of ether oxygens (including phenoxy) is 1. The van der Waals surface area contributed by atoms with Crippen LogP contribution in [0.4, 0.5) is 11.4 Å². The second kappa shape index (κ2) is 11.4. The number of carbonyl (C=O) groups is 3. The van der Waals surface area contributed by atoms with Gasteiger partial charge in [0.05, 0.1) is 20.1 Å². The fourth-order valence-corrected chi connectivity index (χ4v) is 4.60. The first-order valence-corrected chi connectivity index (χ1v) is 12.0. The van der Waals surface area contributed by atoms with Crippen molar-refractivity contribution in [2.45, 2.75) is 12.5 Å². The molecule has 2 aromatic rings. The first kappa shape index (κ1) is 24.8. The van der Waals surface area contributed by atoms with E-state index in [1.54, 1.807) is 31.4 Å². The quantitative estimate of drug-likeness (QED) is 0.603. The Kier molecular flexibility index (Phi) is 8.09. The minimum Gasteiger partial charge on any atom is -0.497 e. The highest BCUT2D eigenvalue weighted by Crippen LogP contribution is 2.21. The number of methoxy groups -OCH3 is 1. The van der Waals surface area contributed by atoms with Gasteiger partial charge in [0.1, 0.15) is 11.8 Å². The Hall–Kier alpha value is -3.30. The maximum absolute atomic E-state index is 13.2. The third kappa shape index (κ3) is 6.43. The monoisotopic (exact) mass is 499 g/mol. The van der Waals surface area contributed by atoms with Gasteiger partial charge in [-0.15, -0.1) is 0 Å². The molecule has 2 fully saturated rings. The Morgan fingerprint density at radius 2 is 1.83 bits per heavy atom. The zero-order valence-corrected chi connectivity index (χ0v) is 20.5. The molecular weight excluding hydrogens is 470 g/mol. The van der Waals surface area contributed by atoms with E-state index in [4.69, 9.17) is 16.3 Å². The Balaban J connectivity index is 1.31. The van der Waals surface area contributed by atoms with Crippen molar-refractivity contribution in [2.24, 2.45) is 0 Å². The van der Waals surface area contributed by atoms with Crippen molar-refractivity contribution < 1.29 is 19.1 Å². The van der Waals surface area contributed by atoms with Crippen LogP contribution in [0.1, 0.15) is 6.42 Å². The lowest BCUT2D eigenvalue weighted by atomic mass is 10.1. The summed E-state index contributed by atoms with van der Waals surface area (Å²) in [5.74, 6) is 0.0213. The molecule has 0 saturated carbocycles. The summed E-state index contributed by atoms with van der Waals surface area (Å²) in [6, 6.07) is 13.9. The number of nitrogens with zero attached hydrogens (tertiary/aromatic N) is 3. The summed E-state index contributed by atoms with van der Waals surface area (Å²) in [6.45, 7) is 4.04. The number of piperazine rings is 2. The number of hydrogen-bond acceptors (Lipinski definition) is 6. The fraction of sp³-hybridized carbons (Fsp3) is 0.400. The molecular formula is C25H30ClN5O4. The van der Waals surface area contributed by atoms with E-state index in [0.717, 1.165) is 37.6 Å². The number of halogens is 1. The number of carbonyl (C=O) groups excluding carboxylic acids is 3. The van der Waals surface area contributed by atoms with Crippen LogP contribution in [0.25, 0.3) is 0 Å². The van der Waals surface area contributed by atoms with E-state index in [1.165, 1.54) is 4.90 Å². The highest BCUT2D eigenvalue weighted by atomic mass is 35.5. The van der Waals surface area contributed by atoms with Gasteiger partial charge in [0.15, 0.2) is 0 Å². The smallest absolute Gasteiger partial charge is 0.243 e. The zero-order valence-electron chi connectivity index (χ0n) is 19.7. The normalized spacial score (nSPS) is 18.7. The lowest BCUT2D eigenvalue weighted by molar-refractivity contribution is -0.145. The SMILES string of the molecule is COc1ccc(N2CCN(CC(=O)N3CCNC(=O)[C@@H]3CC(=O)Nc3cccc(Cl)c3)CC2)cc1. The van der Waals surface area contributed by atoms with Crippen molar-refractivity contribution in [3.63, 3.8) is 0 Å². The van der Waals surface area contributed by atoms with E-state index in [1.807, 2.05) is 24.3 Å². The topological polar surface area (TPSA) is 94.2 Å². The second-order valence-corrected chi connectivity index (χ2v) is 9.05. The lowest BCUT2D eigenvalue weighted by Crippen LogP contribution is -2.60. The number of anilines is 2. The second-order valence-electron chi connectivity index (χ2n) is 8.62. The number of hydrogen-bond donors (Lipinski definition) is 2. The van der Waals surface area contributed by atoms with Gasteiger partial charge < -0.3 is 25.2 Å². The third-order valence-corrected chi connectivity index (χ3v) is 6.54. The first-order chi connectivity index (χ1) is 16.9. The van der Waals surface area contributed by atoms with Crippen LogP contribution in [0.15, 0.2) is 48.5 Å². The third-order valence-electron chi connectivity index (χ3n) is 6.31. The van der Waals surface area contributed by atoms with E-state index in [0.29, 0.717) is 23.8 Å². The summed E-state index contributed by atoms with van der Waals surface area (Å²) in [7, 11) is 1.65. The molecule has 0 spiro atoms. The van der Waals surface area contributed by atoms with Gasteiger partial charge in [-0.1, -0.05) is 17.7 Å². The fourth-order valence-electron chi connectivity index (χ4n) is 4.41. The summed E-state index contributed by atoms with van der Waals surface area (Å²) in [6.07, 6.45) is -0.116. The average Bonchev–Trinajstić information content (AvgIpc) is 2.86. The molecule has 0 aliphatic carbocycles. The van der Waals surface area contributed by atoms with E-state index in [9.17, 15) is 14.4 Å². The van der Waals surface area contributed by atoms with E-state index in [2.05, 4.69) is 20.4 Å². The van der Waals surface area contributed by atoms with Crippen molar-refractivity contribution in [1.82, 2.24) is 15.1 Å². The van der Waals surface area contributed by atoms with Crippen LogP contribution in [-0.2, 0) is 14.4 Å². The molecule has 2 saturated heterocycles. The Bertz CT molecular complexity index is 1060. The van der Waals surface area contributed by atoms with Crippen LogP contribution >= 0.6 is 11.6 Å². The van der Waals surface area contributed by atoms with Gasteiger partial charge in [-0.2, -0.15) is 0 Å². The van der Waals surface area contributed by atoms with Gasteiger partial charge in [-0.05, 0) is 42.5 Å². The van der Waals surface area contributed by atoms with Crippen LogP contribution in [0.2, 0.25) is 5.02 Å². The predicted octanol–water partition coefficient (Wildman–Crippen LogP) is 1.83. The molecule has 9 nitrogen and oxygen atoms in total. The molecule has 186 valence electrons. The van der Waals surface area contributed by atoms with Crippen LogP contribution in [0, 0.1) is 0 Å². The summed E-state index contributed by atoms with van der Waals surface area (Å²) < 4.78 is 5.22. The van der Waals surface area contributed by atoms with Gasteiger partial charge in [0, 0.05) is 55.7 Å². The van der Waals surface area contributed by atoms with Crippen molar-refractivity contribution >= 4 is 40.7 Å². The molecule has 2 N–H and O–H groups in total. The Morgan fingerprint density at radius 3 is 2.51 bits per heavy atom. The van der Waals surface area contributed by atoms with Gasteiger partial charge in [0.25, 0.3) is 0 Å². The molecule has 0 unspecified atom stereocenters. The predicted molar refractivity (Wildman–Crippen MR) is 135 cm³/mol. The average molecular weight is 500 g/mol. The highest BCUT2D eigenvalue weighted by Gasteiger charge is 2.35. The molecule has 0 bridgehead atoms. The summed E-state index contributed by atoms with van der Waals surface area (Å²) >= 11 is 5.98. The molecule has 35 heavy (non-hydrogen) atoms. The molecule has 2 aromatic carbocycles. The number of amides is 3. The van der Waals surface area contributed by atoms with Gasteiger partial charge in [-0.25, -0.2) is 0 Å². The first-order valence-electron chi connectivity index (χ1n) is 11.7. The molecule has 1 atom stereocenters. The summed E-state index contributed by atoms with van der Waals surface area (Å²) in [5, 5.41) is 6.02. The van der Waals surface area contributed by atoms with Crippen molar-refractivity contribution in [2.75, 3.05) is 63.1 Å². The summed E-state index contributed by atoms with van der Waals surface area (Å²) in [4.78, 5) is 44.2. The van der Waals surface area contributed by atoms with Crippen LogP contribution in [0.3, 0.4) is 0 Å². The molecule has 4 rings (SSSR count). The minimum absolute atomic E-state index is 0.116. The number of benzene rings is 2. The Morgan fingerprint density at radius 1 is 1.09 bits per heavy atom. The number of rotatable bonds is 7. The maximum Gasteiger partial charge on any atom is 0.243 e. The minimum atomic E-state index is -0.837. The molecule has 0 radical (unpaired) electrons. The molecule has 0 aromatic heterocycles. The molecule has 2 aliphatic rings. The van der Waals surface area contributed by atoms with Crippen LogP contribution in [-0.4, -0.2) is 86.5 Å². The molecule has 10 heteroatoms. The van der Waals surface area contributed by atoms with E-state index in [-0.39, 0.29) is 30.7 Å². The van der Waals surface area contributed by atoms with Crippen LogP contribution in [0.5, 0.6) is 5.75 Å². The zero-order chi connectivity index (χ0) is 24.8. The van der Waals surface area contributed by atoms with Crippen molar-refractivity contribution in [1.29, 1.82) is 0 Å². The van der Waals surface area contributed by atoms with Gasteiger partial charge in [0.2, 0.25) is 17.7 Å². The van der Waals surface area contributed by atoms with Crippen LogP contribution < -0.4 is 20.3 Å². The molecule has 3 amide bonds. The van der Waals surface area contributed by atoms with Gasteiger partial charge >= 0.3 is 0 Å². The van der Waals surface area contributed by atoms with E-state index < -0.39 is 6.04 Å². The van der Waals surface area contributed by atoms with Gasteiger partial charge in [-0.3, -0.25) is 19.3 Å². The summed E-state index contributed by atoms with van der Waals surface area (Å²) in [5.41, 5.74) is 1.67. The Labute approximate surface area is 210 Å². The van der Waals surface area contributed by atoms with Crippen molar-refractivity contribution in [3.05, 3.63) is 53.6 Å². The molecule has 2 aliphatic heterocycles. The standard InChI is InChI=1S/C25H30ClN5O4/c1-35-21-7-5-20(6-8-21)30-13-11-29(12-14-30)17-24(33)31-10-9-27-25(34)22(31)16-23(32)28-19-4-2-3-18(26)15-19/h2-8,15,22H,9-14,16-17H2,1H3,(H,27,34)(H,28,32)/t22-/m0/s1.